The van der Waals surface area contributed by atoms with Crippen molar-refractivity contribution in [3.63, 3.8) is 0 Å². The van der Waals surface area contributed by atoms with Gasteiger partial charge in [-0.25, -0.2) is 12.8 Å². The molecule has 0 spiro atoms. The first kappa shape index (κ1) is 19.9. The molecule has 29 heavy (non-hydrogen) atoms. The summed E-state index contributed by atoms with van der Waals surface area (Å²) in [6.07, 6.45) is 6.81. The molecule has 1 aliphatic rings. The van der Waals surface area contributed by atoms with Crippen molar-refractivity contribution in [3.05, 3.63) is 65.1 Å². The van der Waals surface area contributed by atoms with Gasteiger partial charge in [0.25, 0.3) is 0 Å². The molecule has 1 unspecified atom stereocenters. The largest absolute Gasteiger partial charge is 0.359 e. The first-order valence-corrected chi connectivity index (χ1v) is 11.7. The molecule has 7 heteroatoms. The van der Waals surface area contributed by atoms with Crippen molar-refractivity contribution in [2.75, 3.05) is 24.6 Å². The molecule has 0 fully saturated rings. The Balaban J connectivity index is 1.87. The Hall–Kier alpha value is -2.38. The highest BCUT2D eigenvalue weighted by Gasteiger charge is 2.41. The molecule has 0 saturated heterocycles. The van der Waals surface area contributed by atoms with Crippen LogP contribution in [0.2, 0.25) is 0 Å². The maximum Gasteiger partial charge on any atom is 0.229 e. The van der Waals surface area contributed by atoms with Crippen LogP contribution in [0.1, 0.15) is 36.0 Å². The minimum Gasteiger partial charge on any atom is -0.359 e. The summed E-state index contributed by atoms with van der Waals surface area (Å²) in [6, 6.07) is 10.8. The molecule has 0 bridgehead atoms. The number of benzene rings is 2. The molecule has 0 radical (unpaired) electrons. The number of anilines is 1. The number of hydrogen-bond acceptors (Lipinski definition) is 3. The van der Waals surface area contributed by atoms with Crippen LogP contribution in [0.5, 0.6) is 0 Å². The number of nitrogens with one attached hydrogen (secondary N) is 3. The van der Waals surface area contributed by atoms with Crippen LogP contribution < -0.4 is 10.0 Å². The van der Waals surface area contributed by atoms with Crippen LogP contribution in [-0.4, -0.2) is 33.2 Å². The number of aromatic nitrogens is 1. The topological polar surface area (TPSA) is 74.0 Å². The molecule has 1 atom stereocenters. The molecule has 3 N–H and O–H groups in total. The fraction of sp³-hybridized carbons (Fsp3) is 0.364. The number of hydrogen-bond donors (Lipinski definition) is 3. The van der Waals surface area contributed by atoms with E-state index in [0.717, 1.165) is 60.5 Å². The molecule has 2 aromatic carbocycles. The van der Waals surface area contributed by atoms with Gasteiger partial charge in [-0.05, 0) is 74.2 Å². The zero-order valence-electron chi connectivity index (χ0n) is 16.7. The monoisotopic (exact) mass is 415 g/mol. The van der Waals surface area contributed by atoms with Crippen molar-refractivity contribution in [3.8, 4) is 0 Å². The maximum absolute atomic E-state index is 13.8. The molecule has 1 aliphatic carbocycles. The highest BCUT2D eigenvalue weighted by Crippen LogP contribution is 2.50. The van der Waals surface area contributed by atoms with Crippen LogP contribution >= 0.6 is 0 Å². The lowest BCUT2D eigenvalue weighted by molar-refractivity contribution is 0.451. The maximum atomic E-state index is 13.8. The van der Waals surface area contributed by atoms with E-state index in [4.69, 9.17) is 0 Å². The van der Waals surface area contributed by atoms with Crippen molar-refractivity contribution >= 4 is 26.6 Å². The van der Waals surface area contributed by atoms with Crippen LogP contribution in [0.15, 0.2) is 42.6 Å². The zero-order chi connectivity index (χ0) is 20.6. The van der Waals surface area contributed by atoms with Crippen molar-refractivity contribution in [2.24, 2.45) is 0 Å². The van der Waals surface area contributed by atoms with E-state index in [2.05, 4.69) is 15.0 Å². The molecule has 0 amide bonds. The first-order valence-electron chi connectivity index (χ1n) is 9.86. The van der Waals surface area contributed by atoms with Crippen LogP contribution in [0, 0.1) is 5.82 Å². The van der Waals surface area contributed by atoms with Crippen molar-refractivity contribution in [2.45, 2.75) is 31.1 Å². The van der Waals surface area contributed by atoms with Gasteiger partial charge in [-0.15, -0.1) is 0 Å². The lowest BCUT2D eigenvalue weighted by Gasteiger charge is -2.31. The van der Waals surface area contributed by atoms with Gasteiger partial charge in [-0.2, -0.15) is 0 Å². The number of aromatic amines is 1. The normalized spacial score (nSPS) is 18.9. The second-order valence-corrected chi connectivity index (χ2v) is 9.64. The van der Waals surface area contributed by atoms with E-state index >= 15 is 0 Å². The van der Waals surface area contributed by atoms with Crippen LogP contribution in [0.4, 0.5) is 10.1 Å². The Morgan fingerprint density at radius 2 is 2.03 bits per heavy atom. The summed E-state index contributed by atoms with van der Waals surface area (Å²) >= 11 is 0. The van der Waals surface area contributed by atoms with Crippen LogP contribution in [-0.2, 0) is 21.9 Å². The van der Waals surface area contributed by atoms with Crippen LogP contribution in [0.3, 0.4) is 0 Å². The summed E-state index contributed by atoms with van der Waals surface area (Å²) < 4.78 is 40.0. The van der Waals surface area contributed by atoms with Gasteiger partial charge in [0, 0.05) is 17.0 Å². The first-order chi connectivity index (χ1) is 13.8. The highest BCUT2D eigenvalue weighted by molar-refractivity contribution is 7.92. The van der Waals surface area contributed by atoms with Gasteiger partial charge in [-0.1, -0.05) is 18.2 Å². The van der Waals surface area contributed by atoms with Gasteiger partial charge in [-0.3, -0.25) is 4.72 Å². The fourth-order valence-corrected chi connectivity index (χ4v) is 5.36. The predicted molar refractivity (Wildman–Crippen MR) is 115 cm³/mol. The molecule has 0 aliphatic heterocycles. The van der Waals surface area contributed by atoms with Gasteiger partial charge in [0.15, 0.2) is 0 Å². The van der Waals surface area contributed by atoms with Gasteiger partial charge < -0.3 is 10.3 Å². The minimum absolute atomic E-state index is 0.201. The second-order valence-electron chi connectivity index (χ2n) is 7.90. The quantitative estimate of drug-likeness (QED) is 0.512. The average Bonchev–Trinajstić information content (AvgIpc) is 3.24. The van der Waals surface area contributed by atoms with Crippen molar-refractivity contribution in [1.82, 2.24) is 10.3 Å². The molecular formula is C22H26FN3O2S. The molecule has 0 saturated carbocycles. The molecule has 1 aromatic heterocycles. The smallest absolute Gasteiger partial charge is 0.229 e. The molecular weight excluding hydrogens is 389 g/mol. The number of para-hydroxylation sites is 1. The number of rotatable bonds is 7. The Kier molecular flexibility index (Phi) is 5.12. The molecule has 4 rings (SSSR count). The number of aryl methyl sites for hydroxylation is 1. The second kappa shape index (κ2) is 7.46. The van der Waals surface area contributed by atoms with E-state index in [1.807, 2.05) is 31.4 Å². The Morgan fingerprint density at radius 3 is 2.79 bits per heavy atom. The standard InChI is InChI=1S/C22H26FN3O2S/c1-24-12-4-10-22(11-9-15-13-16(23)7-8-18(15)22)19-14-25-21-17(19)5-3-6-20(21)26-29(2,27)28/h3,5-8,13-14,24-26H,4,9-12H2,1-2H3. The van der Waals surface area contributed by atoms with Crippen LogP contribution in [0.25, 0.3) is 10.9 Å². The Bertz CT molecular complexity index is 1160. The fourth-order valence-electron chi connectivity index (χ4n) is 4.79. The summed E-state index contributed by atoms with van der Waals surface area (Å²) in [5, 5.41) is 4.22. The highest BCUT2D eigenvalue weighted by atomic mass is 32.2. The van der Waals surface area contributed by atoms with E-state index < -0.39 is 10.0 Å². The summed E-state index contributed by atoms with van der Waals surface area (Å²) in [7, 11) is -1.44. The molecule has 3 aromatic rings. The third kappa shape index (κ3) is 3.65. The van der Waals surface area contributed by atoms with Gasteiger partial charge in [0.2, 0.25) is 10.0 Å². The van der Waals surface area contributed by atoms with Gasteiger partial charge in [0.1, 0.15) is 5.82 Å². The third-order valence-electron chi connectivity index (χ3n) is 5.96. The number of sulfonamides is 1. The molecule has 5 nitrogen and oxygen atoms in total. The summed E-state index contributed by atoms with van der Waals surface area (Å²) in [6.45, 7) is 0.904. The molecule has 1 heterocycles. The predicted octanol–water partition coefficient (Wildman–Crippen LogP) is 3.91. The lowest BCUT2D eigenvalue weighted by Crippen LogP contribution is -2.26. The van der Waals surface area contributed by atoms with E-state index in [1.54, 1.807) is 18.2 Å². The third-order valence-corrected chi connectivity index (χ3v) is 6.55. The summed E-state index contributed by atoms with van der Waals surface area (Å²) in [5.41, 5.74) is 4.48. The number of H-pyrrole nitrogens is 1. The zero-order valence-corrected chi connectivity index (χ0v) is 17.5. The van der Waals surface area contributed by atoms with Gasteiger partial charge >= 0.3 is 0 Å². The van der Waals surface area contributed by atoms with E-state index in [9.17, 15) is 12.8 Å². The number of halogens is 1. The van der Waals surface area contributed by atoms with E-state index in [-0.39, 0.29) is 11.2 Å². The Morgan fingerprint density at radius 1 is 1.21 bits per heavy atom. The minimum atomic E-state index is -3.38. The SMILES string of the molecule is CNCCCC1(c2c[nH]c3c(NS(C)(=O)=O)cccc23)CCc2cc(F)ccc21. The van der Waals surface area contributed by atoms with Gasteiger partial charge in [0.05, 0.1) is 17.5 Å². The summed E-state index contributed by atoms with van der Waals surface area (Å²) in [4.78, 5) is 3.30. The van der Waals surface area contributed by atoms with E-state index in [0.29, 0.717) is 5.69 Å². The average molecular weight is 416 g/mol. The number of fused-ring (bicyclic) bond motifs is 2. The Labute approximate surface area is 170 Å². The lowest BCUT2D eigenvalue weighted by atomic mass is 9.72. The summed E-state index contributed by atoms with van der Waals surface area (Å²) in [5.74, 6) is -0.201. The molecule has 154 valence electrons. The van der Waals surface area contributed by atoms with Crippen molar-refractivity contribution in [1.29, 1.82) is 0 Å². The van der Waals surface area contributed by atoms with Crippen molar-refractivity contribution < 1.29 is 12.8 Å². The van der Waals surface area contributed by atoms with E-state index in [1.165, 1.54) is 5.56 Å².